The monoisotopic (exact) mass is 331 g/mol. The molecule has 0 aromatic rings. The zero-order chi connectivity index (χ0) is 11.0. The summed E-state index contributed by atoms with van der Waals surface area (Å²) >= 11 is 2.50. The molecule has 1 fully saturated rings. The summed E-state index contributed by atoms with van der Waals surface area (Å²) in [6.45, 7) is 3.83. The molecule has 1 saturated carbocycles. The molecule has 0 aliphatic heterocycles. The molecule has 0 aromatic heterocycles. The van der Waals surface area contributed by atoms with E-state index < -0.39 is 8.25 Å². The van der Waals surface area contributed by atoms with Crippen molar-refractivity contribution in [3.63, 3.8) is 0 Å². The van der Waals surface area contributed by atoms with Crippen LogP contribution in [0.2, 0.25) is 0 Å². The Labute approximate surface area is 99.7 Å². The second kappa shape index (κ2) is 8.77. The van der Waals surface area contributed by atoms with E-state index in [9.17, 15) is 0 Å². The van der Waals surface area contributed by atoms with Gasteiger partial charge in [-0.25, -0.2) is 0 Å². The largest absolute Gasteiger partial charge is 0.692 e. The van der Waals surface area contributed by atoms with Gasteiger partial charge in [0.1, 0.15) is 0 Å². The highest BCUT2D eigenvalue weighted by molar-refractivity contribution is 14.1. The van der Waals surface area contributed by atoms with E-state index in [4.69, 9.17) is 14.4 Å². The van der Waals surface area contributed by atoms with Gasteiger partial charge in [-0.1, -0.05) is 28.7 Å². The molecule has 82 valence electrons. The molecule has 0 radical (unpaired) electrons. The van der Waals surface area contributed by atoms with Crippen molar-refractivity contribution in [1.29, 1.82) is 0 Å². The lowest BCUT2D eigenvalue weighted by Crippen LogP contribution is -2.13. The molecule has 0 saturated heterocycles. The molecule has 1 rings (SSSR count). The van der Waals surface area contributed by atoms with Gasteiger partial charge in [-0.2, -0.15) is 0 Å². The minimum absolute atomic E-state index is 0.833. The first-order valence-electron chi connectivity index (χ1n) is 4.63. The van der Waals surface area contributed by atoms with E-state index >= 15 is 0 Å². The zero-order valence-corrected chi connectivity index (χ0v) is 11.2. The second-order valence-corrected chi connectivity index (χ2v) is 4.81. The number of rotatable bonds is 2. The lowest BCUT2D eigenvalue weighted by atomic mass is 9.83. The van der Waals surface area contributed by atoms with E-state index in [1.54, 1.807) is 0 Å². The van der Waals surface area contributed by atoms with Gasteiger partial charge < -0.3 is 0 Å². The maximum atomic E-state index is 8.70. The highest BCUT2D eigenvalue weighted by atomic mass is 127. The zero-order valence-electron chi connectivity index (χ0n) is 8.10. The molecular weight excluding hydrogens is 314 g/mol. The van der Waals surface area contributed by atoms with Crippen LogP contribution >= 0.6 is 30.8 Å². The SMILES string of the molecule is C=CC1CCC(CI)CC1.O=[P+](O)O. The highest BCUT2D eigenvalue weighted by Gasteiger charge is 2.17. The van der Waals surface area contributed by atoms with Gasteiger partial charge in [0.25, 0.3) is 0 Å². The van der Waals surface area contributed by atoms with Crippen molar-refractivity contribution in [2.45, 2.75) is 25.7 Å². The molecule has 0 aromatic carbocycles. The van der Waals surface area contributed by atoms with Gasteiger partial charge in [0.15, 0.2) is 0 Å². The minimum atomic E-state index is -2.87. The van der Waals surface area contributed by atoms with E-state index in [1.807, 2.05) is 0 Å². The fourth-order valence-electron chi connectivity index (χ4n) is 1.58. The number of halogens is 1. The number of hydrogen-bond donors (Lipinski definition) is 2. The molecule has 1 aliphatic rings. The van der Waals surface area contributed by atoms with Crippen molar-refractivity contribution < 1.29 is 14.4 Å². The predicted molar refractivity (Wildman–Crippen MR) is 66.6 cm³/mol. The molecule has 2 N–H and O–H groups in total. The average molecular weight is 331 g/mol. The van der Waals surface area contributed by atoms with Gasteiger partial charge in [-0.05, 0) is 37.5 Å². The first-order chi connectivity index (χ1) is 6.60. The van der Waals surface area contributed by atoms with Crippen molar-refractivity contribution in [2.24, 2.45) is 11.8 Å². The summed E-state index contributed by atoms with van der Waals surface area (Å²) < 4.78 is 10.1. The Kier molecular flexibility index (Phi) is 9.08. The van der Waals surface area contributed by atoms with Gasteiger partial charge in [0, 0.05) is 8.99 Å². The maximum absolute atomic E-state index is 8.70. The third-order valence-corrected chi connectivity index (χ3v) is 3.69. The van der Waals surface area contributed by atoms with Crippen LogP contribution in [0.5, 0.6) is 0 Å². The Balaban J connectivity index is 0.000000364. The summed E-state index contributed by atoms with van der Waals surface area (Å²) in [5.74, 6) is 1.84. The first-order valence-corrected chi connectivity index (χ1v) is 7.32. The van der Waals surface area contributed by atoms with E-state index in [0.29, 0.717) is 0 Å². The van der Waals surface area contributed by atoms with Crippen molar-refractivity contribution in [3.05, 3.63) is 12.7 Å². The molecule has 0 spiro atoms. The first kappa shape index (κ1) is 14.5. The lowest BCUT2D eigenvalue weighted by molar-refractivity contribution is 0.338. The minimum Gasteiger partial charge on any atom is -0.134 e. The van der Waals surface area contributed by atoms with Crippen molar-refractivity contribution in [3.8, 4) is 0 Å². The Morgan fingerprint density at radius 2 is 1.79 bits per heavy atom. The van der Waals surface area contributed by atoms with Crippen LogP contribution in [0, 0.1) is 11.8 Å². The van der Waals surface area contributed by atoms with Gasteiger partial charge in [-0.3, -0.25) is 0 Å². The van der Waals surface area contributed by atoms with Gasteiger partial charge in [0.05, 0.1) is 0 Å². The molecule has 5 heteroatoms. The molecule has 0 unspecified atom stereocenters. The van der Waals surface area contributed by atoms with Gasteiger partial charge >= 0.3 is 8.25 Å². The van der Waals surface area contributed by atoms with Crippen LogP contribution in [0.4, 0.5) is 0 Å². The third-order valence-electron chi connectivity index (χ3n) is 2.44. The standard InChI is InChI=1S/C9H15I.HO3P/c1-2-8-3-5-9(7-10)6-4-8;1-4(2)3/h2,8-9H,1,3-7H2;(H-,1,2,3)/p+1. The number of hydrogen-bond acceptors (Lipinski definition) is 1. The third kappa shape index (κ3) is 7.85. The maximum Gasteiger partial charge on any atom is 0.692 e. The number of alkyl halides is 1. The van der Waals surface area contributed by atoms with Crippen LogP contribution in [-0.4, -0.2) is 14.2 Å². The Bertz CT molecular complexity index is 175. The van der Waals surface area contributed by atoms with Crippen LogP contribution in [0.25, 0.3) is 0 Å². The molecule has 0 bridgehead atoms. The summed E-state index contributed by atoms with van der Waals surface area (Å²) in [5.41, 5.74) is 0. The molecule has 0 heterocycles. The van der Waals surface area contributed by atoms with Gasteiger partial charge in [0.2, 0.25) is 0 Å². The van der Waals surface area contributed by atoms with Crippen LogP contribution < -0.4 is 0 Å². The fourth-order valence-corrected chi connectivity index (χ4v) is 2.46. The van der Waals surface area contributed by atoms with Crippen LogP contribution in [0.15, 0.2) is 12.7 Å². The fraction of sp³-hybridized carbons (Fsp3) is 0.778. The average Bonchev–Trinajstić information content (AvgIpc) is 2.17. The summed E-state index contributed by atoms with van der Waals surface area (Å²) in [6, 6.07) is 0. The molecule has 0 atom stereocenters. The van der Waals surface area contributed by atoms with E-state index in [-0.39, 0.29) is 0 Å². The molecule has 0 amide bonds. The van der Waals surface area contributed by atoms with Crippen molar-refractivity contribution >= 4 is 30.8 Å². The molecule has 3 nitrogen and oxygen atoms in total. The topological polar surface area (TPSA) is 57.5 Å². The summed E-state index contributed by atoms with van der Waals surface area (Å²) in [5, 5.41) is 0. The van der Waals surface area contributed by atoms with E-state index in [0.717, 1.165) is 11.8 Å². The number of allylic oxidation sites excluding steroid dienone is 1. The Hall–Kier alpha value is 0.490. The lowest BCUT2D eigenvalue weighted by Gasteiger charge is -2.24. The summed E-state index contributed by atoms with van der Waals surface area (Å²) in [4.78, 5) is 14.2. The Morgan fingerprint density at radius 3 is 2.07 bits per heavy atom. The quantitative estimate of drug-likeness (QED) is 0.354. The normalized spacial score (nSPS) is 25.9. The summed E-state index contributed by atoms with van der Waals surface area (Å²) in [7, 11) is -2.87. The van der Waals surface area contributed by atoms with Crippen LogP contribution in [0.3, 0.4) is 0 Å². The van der Waals surface area contributed by atoms with Crippen molar-refractivity contribution in [1.82, 2.24) is 0 Å². The van der Waals surface area contributed by atoms with E-state index in [2.05, 4.69) is 35.2 Å². The molecular formula is C9H17IO3P+. The molecule has 14 heavy (non-hydrogen) atoms. The van der Waals surface area contributed by atoms with Crippen molar-refractivity contribution in [2.75, 3.05) is 4.43 Å². The van der Waals surface area contributed by atoms with E-state index in [1.165, 1.54) is 30.1 Å². The summed E-state index contributed by atoms with van der Waals surface area (Å²) in [6.07, 6.45) is 7.76. The second-order valence-electron chi connectivity index (χ2n) is 3.42. The predicted octanol–water partition coefficient (Wildman–Crippen LogP) is 3.04. The van der Waals surface area contributed by atoms with Crippen LogP contribution in [-0.2, 0) is 4.57 Å². The van der Waals surface area contributed by atoms with Crippen LogP contribution in [0.1, 0.15) is 25.7 Å². The van der Waals surface area contributed by atoms with Gasteiger partial charge in [-0.15, -0.1) is 16.4 Å². The molecule has 1 aliphatic carbocycles. The Morgan fingerprint density at radius 1 is 1.36 bits per heavy atom. The smallest absolute Gasteiger partial charge is 0.134 e. The highest BCUT2D eigenvalue weighted by Crippen LogP contribution is 2.30.